The first kappa shape index (κ1) is 34.3. The molecule has 0 aromatic heterocycles. The van der Waals surface area contributed by atoms with Crippen molar-refractivity contribution in [3.05, 3.63) is 117 Å². The van der Waals surface area contributed by atoms with Gasteiger partial charge in [-0.3, -0.25) is 10.1 Å². The molecule has 2 aliphatic rings. The minimum absolute atomic E-state index is 0.00621. The van der Waals surface area contributed by atoms with Crippen molar-refractivity contribution in [3.8, 4) is 23.0 Å². The number of anilines is 1. The molecule has 5 atom stereocenters. The zero-order valence-corrected chi connectivity index (χ0v) is 27.0. The molecule has 50 heavy (non-hydrogen) atoms. The maximum absolute atomic E-state index is 13.5. The molecule has 14 nitrogen and oxygen atoms in total. The van der Waals surface area contributed by atoms with Crippen molar-refractivity contribution < 1.29 is 53.5 Å². The van der Waals surface area contributed by atoms with Crippen molar-refractivity contribution >= 4 is 34.7 Å². The number of hydrogen-bond acceptors (Lipinski definition) is 12. The van der Waals surface area contributed by atoms with Crippen LogP contribution in [0.3, 0.4) is 0 Å². The molecule has 5 N–H and O–H groups in total. The van der Waals surface area contributed by atoms with Gasteiger partial charge in [0.25, 0.3) is 5.69 Å². The summed E-state index contributed by atoms with van der Waals surface area (Å²) in [5.41, 5.74) is 0.301. The number of cyclic esters (lactones) is 1. The van der Waals surface area contributed by atoms with E-state index in [1.54, 1.807) is 30.3 Å². The number of esters is 1. The van der Waals surface area contributed by atoms with E-state index in [4.69, 9.17) is 31.2 Å². The second-order valence-corrected chi connectivity index (χ2v) is 11.8. The molecule has 260 valence electrons. The maximum atomic E-state index is 13.5. The molecule has 4 aromatic carbocycles. The average molecular weight is 708 g/mol. The number of benzene rings is 4. The summed E-state index contributed by atoms with van der Waals surface area (Å²) in [5.74, 6) is -0.253. The molecular formula is C34H30FN3O11S. The monoisotopic (exact) mass is 707 g/mol. The molecule has 4 aromatic rings. The van der Waals surface area contributed by atoms with Crippen LogP contribution in [0.5, 0.6) is 23.0 Å². The number of carbonyl (C=O) groups is 1. The van der Waals surface area contributed by atoms with Crippen LogP contribution in [0.25, 0.3) is 0 Å². The Labute approximate surface area is 289 Å². The van der Waals surface area contributed by atoms with Crippen molar-refractivity contribution in [3.63, 3.8) is 0 Å². The number of carbonyl (C=O) groups excluding carboxylic acids is 1. The number of hydrogen-bond donors (Lipinski definition) is 5. The van der Waals surface area contributed by atoms with Crippen molar-refractivity contribution in [2.45, 2.75) is 36.6 Å². The third-order valence-electron chi connectivity index (χ3n) is 8.41. The van der Waals surface area contributed by atoms with Gasteiger partial charge < -0.3 is 44.9 Å². The van der Waals surface area contributed by atoms with Gasteiger partial charge in [-0.05, 0) is 65.3 Å². The van der Waals surface area contributed by atoms with Gasteiger partial charge in [-0.15, -0.1) is 0 Å². The summed E-state index contributed by atoms with van der Waals surface area (Å²) in [5, 5.41) is 47.0. The lowest BCUT2D eigenvalue weighted by molar-refractivity contribution is -0.384. The van der Waals surface area contributed by atoms with Gasteiger partial charge in [-0.1, -0.05) is 18.2 Å². The highest BCUT2D eigenvalue weighted by atomic mass is 32.1. The Morgan fingerprint density at radius 3 is 2.40 bits per heavy atom. The summed E-state index contributed by atoms with van der Waals surface area (Å²) in [6, 6.07) is 19.9. The summed E-state index contributed by atoms with van der Waals surface area (Å²) >= 11 is 5.55. The summed E-state index contributed by atoms with van der Waals surface area (Å²) in [4.78, 5) is 28.1. The van der Waals surface area contributed by atoms with Gasteiger partial charge in [0.1, 0.15) is 35.2 Å². The average Bonchev–Trinajstić information content (AvgIpc) is 3.40. The molecule has 6 rings (SSSR count). The number of non-ortho nitro benzene ring substituents is 1. The van der Waals surface area contributed by atoms with E-state index in [1.807, 2.05) is 0 Å². The number of aliphatic hydroxyl groups is 1. The van der Waals surface area contributed by atoms with E-state index in [0.29, 0.717) is 22.4 Å². The van der Waals surface area contributed by atoms with Crippen molar-refractivity contribution in [1.82, 2.24) is 5.32 Å². The van der Waals surface area contributed by atoms with Crippen LogP contribution >= 0.6 is 12.2 Å². The highest BCUT2D eigenvalue weighted by Gasteiger charge is 2.50. The van der Waals surface area contributed by atoms with E-state index >= 15 is 0 Å². The number of nitro groups is 1. The molecule has 0 amide bonds. The number of rotatable bonds is 10. The Morgan fingerprint density at radius 2 is 1.74 bits per heavy atom. The summed E-state index contributed by atoms with van der Waals surface area (Å²) in [7, 11) is 1.42. The fourth-order valence-corrected chi connectivity index (χ4v) is 6.33. The van der Waals surface area contributed by atoms with Gasteiger partial charge in [-0.25, -0.2) is 4.79 Å². The molecule has 0 spiro atoms. The Hall–Kier alpha value is -5.55. The molecule has 0 radical (unpaired) electrons. The number of aromatic hydroxyl groups is 2. The summed E-state index contributed by atoms with van der Waals surface area (Å²) in [6.45, 7) is -0.572. The minimum Gasteiger partial charge on any atom is -0.508 e. The second kappa shape index (κ2) is 14.1. The molecule has 0 bridgehead atoms. The highest BCUT2D eigenvalue weighted by Crippen LogP contribution is 2.51. The number of nitrogens with one attached hydrogen (secondary N) is 2. The van der Waals surface area contributed by atoms with E-state index in [-0.39, 0.29) is 45.8 Å². The molecule has 0 aliphatic carbocycles. The standard InChI is InChI=1S/C34H30FN3O11S/c1-45-28-15-22(41)9-13-26(28)34(18-2-7-21(40)8-3-18)25-12-4-19(14-24(25)31(42)48-34)36-33(50)37-27-16-29(49-35)30(17-39)47-32(27)46-23-10-5-20(6-11-23)38(43)44/h2-15,27,29-30,32,39-41H,16-17H2,1H3,(H2,36,37,50). The number of phenolic OH excluding ortho intramolecular Hbond substituents is 2. The number of aliphatic hydroxyl groups excluding tert-OH is 1. The number of thiocarbonyl (C=S) groups is 1. The molecule has 16 heteroatoms. The molecule has 1 fully saturated rings. The fourth-order valence-electron chi connectivity index (χ4n) is 6.06. The van der Waals surface area contributed by atoms with E-state index in [2.05, 4.69) is 15.6 Å². The minimum atomic E-state index is -1.51. The second-order valence-electron chi connectivity index (χ2n) is 11.4. The Bertz CT molecular complexity index is 1910. The molecular weight excluding hydrogens is 677 g/mol. The smallest absolute Gasteiger partial charge is 0.340 e. The number of fused-ring (bicyclic) bond motifs is 1. The quantitative estimate of drug-likeness (QED) is 0.0666. The number of methoxy groups -OCH3 is 1. The largest absolute Gasteiger partial charge is 0.508 e. The van der Waals surface area contributed by atoms with Crippen LogP contribution in [0, 0.1) is 10.1 Å². The van der Waals surface area contributed by atoms with Crippen LogP contribution in [-0.2, 0) is 20.0 Å². The van der Waals surface area contributed by atoms with E-state index in [9.17, 15) is 34.8 Å². The lowest BCUT2D eigenvalue weighted by Gasteiger charge is -2.39. The predicted octanol–water partition coefficient (Wildman–Crippen LogP) is 4.59. The van der Waals surface area contributed by atoms with E-state index in [0.717, 1.165) is 0 Å². The highest BCUT2D eigenvalue weighted by molar-refractivity contribution is 7.80. The topological polar surface area (TPSA) is 191 Å². The SMILES string of the molecule is COc1cc(O)ccc1C1(c2ccc(O)cc2)OC(=O)c2cc(NC(=S)NC3CC(OF)C(CO)OC3Oc3ccc([N+](=O)[O-])cc3)ccc21. The Kier molecular flexibility index (Phi) is 9.70. The van der Waals surface area contributed by atoms with E-state index in [1.165, 1.54) is 61.7 Å². The van der Waals surface area contributed by atoms with Crippen LogP contribution < -0.4 is 20.1 Å². The summed E-state index contributed by atoms with van der Waals surface area (Å²) in [6.07, 6.45) is -3.44. The molecule has 0 saturated carbocycles. The van der Waals surface area contributed by atoms with Crippen LogP contribution in [0.15, 0.2) is 84.9 Å². The number of halogens is 1. The zero-order chi connectivity index (χ0) is 35.6. The molecule has 2 heterocycles. The molecule has 2 aliphatic heterocycles. The van der Waals surface area contributed by atoms with Crippen LogP contribution in [0.4, 0.5) is 15.9 Å². The van der Waals surface area contributed by atoms with Crippen LogP contribution in [0.2, 0.25) is 0 Å². The molecule has 5 unspecified atom stereocenters. The lowest BCUT2D eigenvalue weighted by atomic mass is 9.79. The van der Waals surface area contributed by atoms with Crippen molar-refractivity contribution in [2.75, 3.05) is 19.0 Å². The third kappa shape index (κ3) is 6.56. The van der Waals surface area contributed by atoms with Gasteiger partial charge in [0.2, 0.25) is 6.29 Å². The van der Waals surface area contributed by atoms with E-state index < -0.39 is 47.6 Å². The number of nitrogens with zero attached hydrogens (tertiary/aromatic N) is 1. The molecule has 1 saturated heterocycles. The Morgan fingerprint density at radius 1 is 1.04 bits per heavy atom. The van der Waals surface area contributed by atoms with Gasteiger partial charge in [0.05, 0.1) is 30.2 Å². The number of phenols is 2. The first-order valence-electron chi connectivity index (χ1n) is 15.1. The van der Waals surface area contributed by atoms with Gasteiger partial charge in [0, 0.05) is 47.0 Å². The first-order chi connectivity index (χ1) is 24.1. The van der Waals surface area contributed by atoms with Crippen molar-refractivity contribution in [1.29, 1.82) is 0 Å². The first-order valence-corrected chi connectivity index (χ1v) is 15.5. The summed E-state index contributed by atoms with van der Waals surface area (Å²) < 4.78 is 36.8. The van der Waals surface area contributed by atoms with Gasteiger partial charge >= 0.3 is 5.97 Å². The third-order valence-corrected chi connectivity index (χ3v) is 8.63. The Balaban J connectivity index is 1.27. The number of ether oxygens (including phenoxy) is 4. The normalized spacial score (nSPS) is 22.6. The van der Waals surface area contributed by atoms with Crippen molar-refractivity contribution in [2.24, 2.45) is 0 Å². The zero-order valence-electron chi connectivity index (χ0n) is 26.1. The number of nitro benzene ring substituents is 1. The lowest BCUT2D eigenvalue weighted by Crippen LogP contribution is -2.58. The van der Waals surface area contributed by atoms with Gasteiger partial charge in [0.15, 0.2) is 10.7 Å². The predicted molar refractivity (Wildman–Crippen MR) is 178 cm³/mol. The van der Waals surface area contributed by atoms with Gasteiger partial charge in [-0.2, -0.15) is 4.94 Å². The van der Waals surface area contributed by atoms with Crippen LogP contribution in [-0.4, -0.2) is 69.6 Å². The fraction of sp³-hybridized carbons (Fsp3) is 0.235. The van der Waals surface area contributed by atoms with Crippen LogP contribution in [0.1, 0.15) is 33.5 Å². The maximum Gasteiger partial charge on any atom is 0.340 e.